The summed E-state index contributed by atoms with van der Waals surface area (Å²) in [5.74, 6) is 0.861. The summed E-state index contributed by atoms with van der Waals surface area (Å²) in [4.78, 5) is 0. The van der Waals surface area contributed by atoms with E-state index in [0.717, 1.165) is 21.9 Å². The molecule has 0 aliphatic rings. The van der Waals surface area contributed by atoms with Gasteiger partial charge in [0.1, 0.15) is 5.75 Å². The second-order valence-electron chi connectivity index (χ2n) is 3.06. The van der Waals surface area contributed by atoms with Crippen molar-refractivity contribution < 1.29 is 9.94 Å². The first-order valence-electron chi connectivity index (χ1n) is 4.17. The number of ether oxygens (including phenoxy) is 1. The van der Waals surface area contributed by atoms with E-state index in [4.69, 9.17) is 9.94 Å². The maximum absolute atomic E-state index is 9.09. The van der Waals surface area contributed by atoms with Gasteiger partial charge in [0.15, 0.2) is 0 Å². The highest BCUT2D eigenvalue weighted by atomic mass is 16.5. The molecule has 13 heavy (non-hydrogen) atoms. The van der Waals surface area contributed by atoms with Gasteiger partial charge in [-0.15, -0.1) is 0 Å². The van der Waals surface area contributed by atoms with E-state index in [0.29, 0.717) is 6.54 Å². The van der Waals surface area contributed by atoms with Gasteiger partial charge >= 0.3 is 0 Å². The molecule has 1 N–H and O–H groups in total. The Kier molecular flexibility index (Phi) is 3.28. The van der Waals surface area contributed by atoms with E-state index in [2.05, 4.69) is 0 Å². The van der Waals surface area contributed by atoms with E-state index < -0.39 is 0 Å². The maximum atomic E-state index is 9.09. The standard InChI is InChI=1S/C10H15NO2/c1-8-9(7-11(2)12)5-4-6-10(8)13-3/h4-6,12H,7H2,1-3H3. The average Bonchev–Trinajstić information content (AvgIpc) is 2.08. The summed E-state index contributed by atoms with van der Waals surface area (Å²) in [6, 6.07) is 5.81. The number of hydroxylamine groups is 2. The first-order valence-corrected chi connectivity index (χ1v) is 4.17. The molecule has 0 spiro atoms. The minimum Gasteiger partial charge on any atom is -0.496 e. The van der Waals surface area contributed by atoms with Gasteiger partial charge < -0.3 is 9.94 Å². The topological polar surface area (TPSA) is 32.7 Å². The second-order valence-corrected chi connectivity index (χ2v) is 3.06. The Morgan fingerprint density at radius 2 is 2.15 bits per heavy atom. The smallest absolute Gasteiger partial charge is 0.122 e. The molecular formula is C10H15NO2. The normalized spacial score (nSPS) is 10.5. The fourth-order valence-electron chi connectivity index (χ4n) is 1.30. The van der Waals surface area contributed by atoms with Gasteiger partial charge in [-0.3, -0.25) is 0 Å². The second kappa shape index (κ2) is 4.25. The van der Waals surface area contributed by atoms with Crippen LogP contribution in [0.25, 0.3) is 0 Å². The Morgan fingerprint density at radius 1 is 1.46 bits per heavy atom. The Labute approximate surface area is 78.5 Å². The van der Waals surface area contributed by atoms with Crippen molar-refractivity contribution in [1.29, 1.82) is 0 Å². The van der Waals surface area contributed by atoms with Crippen molar-refractivity contribution in [3.8, 4) is 5.75 Å². The number of rotatable bonds is 3. The molecule has 72 valence electrons. The highest BCUT2D eigenvalue weighted by Gasteiger charge is 2.04. The molecule has 0 saturated carbocycles. The zero-order valence-corrected chi connectivity index (χ0v) is 8.24. The molecule has 0 fully saturated rings. The zero-order chi connectivity index (χ0) is 9.84. The molecule has 0 aromatic heterocycles. The molecule has 0 saturated heterocycles. The Hall–Kier alpha value is -1.06. The third-order valence-electron chi connectivity index (χ3n) is 2.02. The van der Waals surface area contributed by atoms with E-state index >= 15 is 0 Å². The van der Waals surface area contributed by atoms with Gasteiger partial charge in [0.25, 0.3) is 0 Å². The minimum atomic E-state index is 0.517. The third-order valence-corrected chi connectivity index (χ3v) is 2.02. The monoisotopic (exact) mass is 181 g/mol. The molecule has 0 unspecified atom stereocenters. The van der Waals surface area contributed by atoms with E-state index in [1.165, 1.54) is 0 Å². The van der Waals surface area contributed by atoms with Crippen molar-refractivity contribution in [2.75, 3.05) is 14.2 Å². The molecule has 0 heterocycles. The molecule has 0 aliphatic carbocycles. The van der Waals surface area contributed by atoms with Crippen LogP contribution in [0.1, 0.15) is 11.1 Å². The van der Waals surface area contributed by atoms with Gasteiger partial charge in [-0.05, 0) is 24.1 Å². The summed E-state index contributed by atoms with van der Waals surface area (Å²) >= 11 is 0. The zero-order valence-electron chi connectivity index (χ0n) is 8.24. The molecule has 0 atom stereocenters. The molecule has 3 nitrogen and oxygen atoms in total. The molecule has 1 aromatic carbocycles. The molecule has 3 heteroatoms. The maximum Gasteiger partial charge on any atom is 0.122 e. The summed E-state index contributed by atoms with van der Waals surface area (Å²) in [5, 5.41) is 10.2. The lowest BCUT2D eigenvalue weighted by molar-refractivity contribution is -0.0733. The Morgan fingerprint density at radius 3 is 2.69 bits per heavy atom. The largest absolute Gasteiger partial charge is 0.496 e. The molecular weight excluding hydrogens is 166 g/mol. The first-order chi connectivity index (χ1) is 6.15. The molecule has 1 aromatic rings. The predicted molar refractivity (Wildman–Crippen MR) is 51.0 cm³/mol. The highest BCUT2D eigenvalue weighted by Crippen LogP contribution is 2.21. The van der Waals surface area contributed by atoms with Crippen LogP contribution in [0, 0.1) is 6.92 Å². The van der Waals surface area contributed by atoms with Crippen LogP contribution in [-0.4, -0.2) is 24.4 Å². The SMILES string of the molecule is COc1cccc(CN(C)O)c1C. The number of hydrogen-bond donors (Lipinski definition) is 1. The average molecular weight is 181 g/mol. The lowest BCUT2D eigenvalue weighted by Gasteiger charge is -2.12. The van der Waals surface area contributed by atoms with Crippen LogP contribution in [0.2, 0.25) is 0 Å². The van der Waals surface area contributed by atoms with E-state index in [-0.39, 0.29) is 0 Å². The number of nitrogens with zero attached hydrogens (tertiary/aromatic N) is 1. The quantitative estimate of drug-likeness (QED) is 0.722. The summed E-state index contributed by atoms with van der Waals surface area (Å²) < 4.78 is 5.17. The van der Waals surface area contributed by atoms with Crippen LogP contribution in [0.5, 0.6) is 5.75 Å². The van der Waals surface area contributed by atoms with Crippen LogP contribution in [0.3, 0.4) is 0 Å². The van der Waals surface area contributed by atoms with Gasteiger partial charge in [0.05, 0.1) is 7.11 Å². The van der Waals surface area contributed by atoms with Crippen LogP contribution in [0.15, 0.2) is 18.2 Å². The van der Waals surface area contributed by atoms with Crippen LogP contribution in [0.4, 0.5) is 0 Å². The lowest BCUT2D eigenvalue weighted by Crippen LogP contribution is -2.12. The third kappa shape index (κ3) is 2.44. The van der Waals surface area contributed by atoms with E-state index in [1.54, 1.807) is 14.2 Å². The molecule has 0 radical (unpaired) electrons. The number of hydrogen-bond acceptors (Lipinski definition) is 3. The fourth-order valence-corrected chi connectivity index (χ4v) is 1.30. The Bertz CT molecular complexity index is 284. The molecule has 0 amide bonds. The first kappa shape index (κ1) is 10.0. The molecule has 0 bridgehead atoms. The highest BCUT2D eigenvalue weighted by molar-refractivity contribution is 5.38. The minimum absolute atomic E-state index is 0.517. The summed E-state index contributed by atoms with van der Waals surface area (Å²) in [6.45, 7) is 2.50. The van der Waals surface area contributed by atoms with Crippen molar-refractivity contribution in [2.45, 2.75) is 13.5 Å². The van der Waals surface area contributed by atoms with Gasteiger partial charge in [0, 0.05) is 13.6 Å². The van der Waals surface area contributed by atoms with Crippen molar-refractivity contribution in [3.63, 3.8) is 0 Å². The van der Waals surface area contributed by atoms with Crippen molar-refractivity contribution in [3.05, 3.63) is 29.3 Å². The number of benzene rings is 1. The Balaban J connectivity index is 2.94. The van der Waals surface area contributed by atoms with Gasteiger partial charge in [-0.2, -0.15) is 5.06 Å². The summed E-state index contributed by atoms with van der Waals surface area (Å²) in [7, 11) is 3.27. The molecule has 0 aliphatic heterocycles. The van der Waals surface area contributed by atoms with Gasteiger partial charge in [-0.1, -0.05) is 12.1 Å². The van der Waals surface area contributed by atoms with Gasteiger partial charge in [-0.25, -0.2) is 0 Å². The lowest BCUT2D eigenvalue weighted by atomic mass is 10.1. The van der Waals surface area contributed by atoms with Gasteiger partial charge in [0.2, 0.25) is 0 Å². The van der Waals surface area contributed by atoms with E-state index in [9.17, 15) is 0 Å². The fraction of sp³-hybridized carbons (Fsp3) is 0.400. The van der Waals surface area contributed by atoms with Crippen molar-refractivity contribution in [1.82, 2.24) is 5.06 Å². The summed E-state index contributed by atoms with van der Waals surface area (Å²) in [5.41, 5.74) is 2.15. The molecule has 1 rings (SSSR count). The van der Waals surface area contributed by atoms with Crippen LogP contribution < -0.4 is 4.74 Å². The van der Waals surface area contributed by atoms with Crippen LogP contribution >= 0.6 is 0 Å². The predicted octanol–water partition coefficient (Wildman–Crippen LogP) is 1.82. The van der Waals surface area contributed by atoms with Crippen molar-refractivity contribution >= 4 is 0 Å². The van der Waals surface area contributed by atoms with E-state index in [1.807, 2.05) is 25.1 Å². The van der Waals surface area contributed by atoms with Crippen LogP contribution in [-0.2, 0) is 6.54 Å². The summed E-state index contributed by atoms with van der Waals surface area (Å²) in [6.07, 6.45) is 0. The number of methoxy groups -OCH3 is 1. The van der Waals surface area contributed by atoms with Crippen molar-refractivity contribution in [2.24, 2.45) is 0 Å².